The van der Waals surface area contributed by atoms with E-state index in [0.717, 1.165) is 33.6 Å². The van der Waals surface area contributed by atoms with Crippen LogP contribution in [0, 0.1) is 0 Å². The number of fused-ring (bicyclic) bond motifs is 1. The van der Waals surface area contributed by atoms with Gasteiger partial charge in [-0.25, -0.2) is 0 Å². The van der Waals surface area contributed by atoms with E-state index in [1.807, 2.05) is 36.4 Å². The van der Waals surface area contributed by atoms with E-state index >= 15 is 0 Å². The number of pyridine rings is 2. The topological polar surface area (TPSA) is 114 Å². The molecule has 0 saturated heterocycles. The smallest absolute Gasteiger partial charge is 0.150 e. The highest BCUT2D eigenvalue weighted by atomic mass is 15.2. The van der Waals surface area contributed by atoms with Crippen LogP contribution in [0.4, 0.5) is 11.5 Å². The van der Waals surface area contributed by atoms with Gasteiger partial charge in [0.05, 0.1) is 17.6 Å². The summed E-state index contributed by atoms with van der Waals surface area (Å²) in [5.74, 6) is 1.09. The minimum Gasteiger partial charge on any atom is -0.398 e. The van der Waals surface area contributed by atoms with Crippen molar-refractivity contribution in [1.82, 2.24) is 20.2 Å². The maximum Gasteiger partial charge on any atom is 0.150 e. The fraction of sp³-hybridized carbons (Fsp3) is 0.208. The van der Waals surface area contributed by atoms with Gasteiger partial charge in [-0.05, 0) is 47.9 Å². The minimum absolute atomic E-state index is 0.152. The van der Waals surface area contributed by atoms with E-state index < -0.39 is 0 Å². The lowest BCUT2D eigenvalue weighted by atomic mass is 10.0. The van der Waals surface area contributed by atoms with E-state index in [1.54, 1.807) is 38.0 Å². The fourth-order valence-electron chi connectivity index (χ4n) is 3.40. The van der Waals surface area contributed by atoms with Gasteiger partial charge in [0, 0.05) is 54.2 Å². The SMILES string of the molecule is CN=CC(=C(N)c1ccncc1)c1cnc2c(c1)NC(Nc1cc(C(C)C)cnn1)C=C2. The summed E-state index contributed by atoms with van der Waals surface area (Å²) in [6.45, 7) is 4.26. The third-order valence-corrected chi connectivity index (χ3v) is 5.17. The molecule has 0 spiro atoms. The van der Waals surface area contributed by atoms with Crippen molar-refractivity contribution in [2.24, 2.45) is 10.7 Å². The predicted molar refractivity (Wildman–Crippen MR) is 130 cm³/mol. The Morgan fingerprint density at radius 1 is 1.19 bits per heavy atom. The zero-order chi connectivity index (χ0) is 22.5. The molecule has 0 aromatic carbocycles. The van der Waals surface area contributed by atoms with Gasteiger partial charge in [-0.1, -0.05) is 13.8 Å². The van der Waals surface area contributed by atoms with Crippen molar-refractivity contribution in [1.29, 1.82) is 0 Å². The van der Waals surface area contributed by atoms with Crippen LogP contribution in [0.3, 0.4) is 0 Å². The van der Waals surface area contributed by atoms with Gasteiger partial charge in [0.25, 0.3) is 0 Å². The molecule has 4 heterocycles. The Hall–Kier alpha value is -4.07. The summed E-state index contributed by atoms with van der Waals surface area (Å²) in [7, 11) is 1.72. The molecule has 8 heteroatoms. The molecule has 1 atom stereocenters. The monoisotopic (exact) mass is 426 g/mol. The van der Waals surface area contributed by atoms with Gasteiger partial charge in [0.2, 0.25) is 0 Å². The van der Waals surface area contributed by atoms with Crippen molar-refractivity contribution in [2.75, 3.05) is 17.7 Å². The highest BCUT2D eigenvalue weighted by molar-refractivity contribution is 6.19. The molecule has 0 amide bonds. The number of aliphatic imine (C=N–C) groups is 1. The maximum atomic E-state index is 6.47. The van der Waals surface area contributed by atoms with Crippen LogP contribution in [0.5, 0.6) is 0 Å². The van der Waals surface area contributed by atoms with E-state index in [-0.39, 0.29) is 6.17 Å². The minimum atomic E-state index is -0.152. The van der Waals surface area contributed by atoms with Crippen LogP contribution < -0.4 is 16.4 Å². The quantitative estimate of drug-likeness (QED) is 0.514. The summed E-state index contributed by atoms with van der Waals surface area (Å²) in [5, 5.41) is 15.1. The second-order valence-electron chi connectivity index (χ2n) is 7.76. The van der Waals surface area contributed by atoms with Gasteiger partial charge in [-0.2, -0.15) is 5.10 Å². The lowest BCUT2D eigenvalue weighted by Crippen LogP contribution is -2.29. The second-order valence-corrected chi connectivity index (χ2v) is 7.76. The molecule has 0 bridgehead atoms. The Balaban J connectivity index is 1.61. The van der Waals surface area contributed by atoms with Gasteiger partial charge in [0.1, 0.15) is 6.17 Å². The van der Waals surface area contributed by atoms with Crippen LogP contribution in [0.15, 0.2) is 60.1 Å². The summed E-state index contributed by atoms with van der Waals surface area (Å²) in [4.78, 5) is 12.9. The van der Waals surface area contributed by atoms with E-state index in [2.05, 4.69) is 49.6 Å². The summed E-state index contributed by atoms with van der Waals surface area (Å²) in [6, 6.07) is 7.79. The van der Waals surface area contributed by atoms with Crippen molar-refractivity contribution in [3.05, 3.63) is 77.5 Å². The summed E-state index contributed by atoms with van der Waals surface area (Å²) in [5.41, 5.74) is 12.5. The number of nitrogens with one attached hydrogen (secondary N) is 2. The molecule has 0 aliphatic carbocycles. The van der Waals surface area contributed by atoms with Crippen molar-refractivity contribution < 1.29 is 0 Å². The lowest BCUT2D eigenvalue weighted by molar-refractivity contribution is 0.837. The Bertz CT molecular complexity index is 1180. The fourth-order valence-corrected chi connectivity index (χ4v) is 3.40. The second kappa shape index (κ2) is 9.38. The Kier molecular flexibility index (Phi) is 6.21. The maximum absolute atomic E-state index is 6.47. The largest absolute Gasteiger partial charge is 0.398 e. The van der Waals surface area contributed by atoms with Crippen molar-refractivity contribution >= 4 is 35.1 Å². The van der Waals surface area contributed by atoms with Gasteiger partial charge in [-0.3, -0.25) is 15.0 Å². The molecule has 0 fully saturated rings. The first-order valence-electron chi connectivity index (χ1n) is 10.4. The summed E-state index contributed by atoms with van der Waals surface area (Å²) < 4.78 is 0. The van der Waals surface area contributed by atoms with Gasteiger partial charge in [0.15, 0.2) is 5.82 Å². The third kappa shape index (κ3) is 4.64. The number of nitrogens with two attached hydrogens (primary N) is 1. The van der Waals surface area contributed by atoms with Crippen LogP contribution in [-0.2, 0) is 0 Å². The molecule has 0 saturated carbocycles. The molecule has 4 rings (SSSR count). The number of hydrogen-bond donors (Lipinski definition) is 3. The zero-order valence-corrected chi connectivity index (χ0v) is 18.3. The van der Waals surface area contributed by atoms with Gasteiger partial charge < -0.3 is 16.4 Å². The first kappa shape index (κ1) is 21.2. The van der Waals surface area contributed by atoms with Crippen LogP contribution >= 0.6 is 0 Å². The van der Waals surface area contributed by atoms with Crippen LogP contribution in [0.25, 0.3) is 17.3 Å². The van der Waals surface area contributed by atoms with Gasteiger partial charge in [-0.15, -0.1) is 5.10 Å². The molecule has 4 N–H and O–H groups in total. The van der Waals surface area contributed by atoms with E-state index in [4.69, 9.17) is 5.73 Å². The first-order chi connectivity index (χ1) is 15.5. The van der Waals surface area contributed by atoms with Crippen molar-refractivity contribution in [3.63, 3.8) is 0 Å². The first-order valence-corrected chi connectivity index (χ1v) is 10.4. The average molecular weight is 427 g/mol. The molecule has 1 aliphatic rings. The molecular formula is C24H26N8. The number of aromatic nitrogens is 4. The molecule has 32 heavy (non-hydrogen) atoms. The van der Waals surface area contributed by atoms with E-state index in [1.165, 1.54) is 0 Å². The van der Waals surface area contributed by atoms with Crippen LogP contribution in [-0.4, -0.2) is 39.6 Å². The number of hydrogen-bond acceptors (Lipinski definition) is 8. The lowest BCUT2D eigenvalue weighted by Gasteiger charge is -2.24. The Morgan fingerprint density at radius 2 is 2.00 bits per heavy atom. The standard InChI is InChI=1S/C24H26N8/c1-15(2)17-11-23(32-29-13-17)31-22-5-4-20-21(30-22)10-18(12-28-20)19(14-26-3)24(25)16-6-8-27-9-7-16/h4-15,22,30H,25H2,1-3H3,(H,31,32). The highest BCUT2D eigenvalue weighted by Crippen LogP contribution is 2.28. The predicted octanol–water partition coefficient (Wildman–Crippen LogP) is 3.79. The van der Waals surface area contributed by atoms with Crippen LogP contribution in [0.1, 0.15) is 42.1 Å². The number of rotatable bonds is 6. The molecular weight excluding hydrogens is 400 g/mol. The third-order valence-electron chi connectivity index (χ3n) is 5.17. The highest BCUT2D eigenvalue weighted by Gasteiger charge is 2.17. The van der Waals surface area contributed by atoms with Crippen molar-refractivity contribution in [2.45, 2.75) is 25.9 Å². The molecule has 3 aromatic rings. The van der Waals surface area contributed by atoms with Crippen molar-refractivity contribution in [3.8, 4) is 0 Å². The molecule has 3 aromatic heterocycles. The molecule has 162 valence electrons. The summed E-state index contributed by atoms with van der Waals surface area (Å²) >= 11 is 0. The Labute approximate surface area is 187 Å². The molecule has 1 unspecified atom stereocenters. The van der Waals surface area contributed by atoms with E-state index in [0.29, 0.717) is 17.4 Å². The number of nitrogens with zero attached hydrogens (tertiary/aromatic N) is 5. The number of anilines is 2. The van der Waals surface area contributed by atoms with Gasteiger partial charge >= 0.3 is 0 Å². The summed E-state index contributed by atoms with van der Waals surface area (Å²) in [6.07, 6.45) is 12.6. The number of allylic oxidation sites excluding steroid dienone is 1. The van der Waals surface area contributed by atoms with E-state index in [9.17, 15) is 0 Å². The molecule has 1 aliphatic heterocycles. The molecule has 8 nitrogen and oxygen atoms in total. The van der Waals surface area contributed by atoms with Crippen LogP contribution in [0.2, 0.25) is 0 Å². The molecule has 0 radical (unpaired) electrons. The zero-order valence-electron chi connectivity index (χ0n) is 18.3. The normalized spacial score (nSPS) is 15.9. The average Bonchev–Trinajstić information content (AvgIpc) is 2.82. The Morgan fingerprint density at radius 3 is 2.75 bits per heavy atom.